The Hall–Kier alpha value is -2.09. The molecule has 1 heterocycles. The van der Waals surface area contributed by atoms with Crippen molar-refractivity contribution in [3.63, 3.8) is 0 Å². The smallest absolute Gasteiger partial charge is 0.243 e. The highest BCUT2D eigenvalue weighted by atomic mass is 32.2. The van der Waals surface area contributed by atoms with Gasteiger partial charge in [0, 0.05) is 12.6 Å². The molecule has 1 N–H and O–H groups in total. The Bertz CT molecular complexity index is 881. The van der Waals surface area contributed by atoms with E-state index in [1.807, 2.05) is 12.1 Å². The van der Waals surface area contributed by atoms with Crippen molar-refractivity contribution in [2.75, 3.05) is 21.3 Å². The predicted octanol–water partition coefficient (Wildman–Crippen LogP) is 1.98. The van der Waals surface area contributed by atoms with E-state index in [-0.39, 0.29) is 4.90 Å². The van der Waals surface area contributed by atoms with Crippen LogP contribution in [0.4, 0.5) is 0 Å². The van der Waals surface area contributed by atoms with E-state index >= 15 is 0 Å². The molecule has 0 spiro atoms. The third-order valence-electron chi connectivity index (χ3n) is 4.64. The third kappa shape index (κ3) is 2.88. The molecule has 0 saturated heterocycles. The van der Waals surface area contributed by atoms with E-state index in [0.29, 0.717) is 23.5 Å². The zero-order chi connectivity index (χ0) is 18.2. The van der Waals surface area contributed by atoms with Crippen LogP contribution in [0.15, 0.2) is 47.4 Å². The summed E-state index contributed by atoms with van der Waals surface area (Å²) in [5.74, 6) is 1.11. The van der Waals surface area contributed by atoms with Crippen LogP contribution in [-0.2, 0) is 16.4 Å². The highest BCUT2D eigenvalue weighted by molar-refractivity contribution is 7.89. The van der Waals surface area contributed by atoms with Gasteiger partial charge in [-0.05, 0) is 24.1 Å². The number of aliphatic hydroxyl groups is 1. The highest BCUT2D eigenvalue weighted by Gasteiger charge is 2.41. The zero-order valence-electron chi connectivity index (χ0n) is 14.3. The first-order chi connectivity index (χ1) is 11.9. The number of nitrogens with zero attached hydrogens (tertiary/aromatic N) is 1. The van der Waals surface area contributed by atoms with Crippen LogP contribution in [0.25, 0.3) is 0 Å². The predicted molar refractivity (Wildman–Crippen MR) is 93.4 cm³/mol. The molecule has 3 rings (SSSR count). The number of aliphatic hydroxyl groups excluding tert-OH is 1. The van der Waals surface area contributed by atoms with Crippen LogP contribution in [-0.4, -0.2) is 45.1 Å². The number of fused-ring (bicyclic) bond motifs is 1. The van der Waals surface area contributed by atoms with Gasteiger partial charge in [-0.15, -0.1) is 0 Å². The lowest BCUT2D eigenvalue weighted by molar-refractivity contribution is 0.0888. The minimum Gasteiger partial charge on any atom is -0.493 e. The van der Waals surface area contributed by atoms with Gasteiger partial charge in [0.25, 0.3) is 0 Å². The molecule has 1 aliphatic rings. The van der Waals surface area contributed by atoms with Crippen molar-refractivity contribution >= 4 is 10.0 Å². The maximum absolute atomic E-state index is 12.8. The molecular formula is C18H21NO5S. The molecule has 0 radical (unpaired) electrons. The van der Waals surface area contributed by atoms with Gasteiger partial charge in [0.2, 0.25) is 10.0 Å². The van der Waals surface area contributed by atoms with E-state index in [1.54, 1.807) is 31.4 Å². The molecule has 0 bridgehead atoms. The normalized spacial score (nSPS) is 22.2. The zero-order valence-corrected chi connectivity index (χ0v) is 15.2. The molecule has 0 saturated carbocycles. The van der Waals surface area contributed by atoms with E-state index in [1.165, 1.54) is 24.5 Å². The number of hydrogen-bond donors (Lipinski definition) is 1. The van der Waals surface area contributed by atoms with Crippen LogP contribution in [0.3, 0.4) is 0 Å². The van der Waals surface area contributed by atoms with Crippen molar-refractivity contribution in [1.82, 2.24) is 4.31 Å². The largest absolute Gasteiger partial charge is 0.493 e. The number of benzene rings is 2. The minimum atomic E-state index is -3.66. The van der Waals surface area contributed by atoms with Crippen LogP contribution < -0.4 is 9.47 Å². The van der Waals surface area contributed by atoms with Gasteiger partial charge in [0.15, 0.2) is 11.5 Å². The summed E-state index contributed by atoms with van der Waals surface area (Å²) >= 11 is 0. The monoisotopic (exact) mass is 363 g/mol. The fourth-order valence-corrected chi connectivity index (χ4v) is 4.87. The summed E-state index contributed by atoms with van der Waals surface area (Å²) in [5.41, 5.74) is 1.19. The fourth-order valence-electron chi connectivity index (χ4n) is 3.28. The van der Waals surface area contributed by atoms with E-state index in [2.05, 4.69) is 0 Å². The lowest BCUT2D eigenvalue weighted by Crippen LogP contribution is -2.46. The molecule has 25 heavy (non-hydrogen) atoms. The second-order valence-electron chi connectivity index (χ2n) is 5.93. The molecule has 7 heteroatoms. The molecule has 2 atom stereocenters. The third-order valence-corrected chi connectivity index (χ3v) is 6.60. The number of hydrogen-bond acceptors (Lipinski definition) is 5. The van der Waals surface area contributed by atoms with Crippen molar-refractivity contribution < 1.29 is 23.0 Å². The quantitative estimate of drug-likeness (QED) is 0.899. The fraction of sp³-hybridized carbons (Fsp3) is 0.333. The van der Waals surface area contributed by atoms with Crippen molar-refractivity contribution in [1.29, 1.82) is 0 Å². The van der Waals surface area contributed by atoms with Gasteiger partial charge < -0.3 is 14.6 Å². The Kier molecular flexibility index (Phi) is 4.73. The Morgan fingerprint density at radius 3 is 2.48 bits per heavy atom. The van der Waals surface area contributed by atoms with Crippen LogP contribution in [0.2, 0.25) is 0 Å². The molecule has 0 aromatic heterocycles. The van der Waals surface area contributed by atoms with Gasteiger partial charge in [-0.1, -0.05) is 30.3 Å². The van der Waals surface area contributed by atoms with Crippen molar-refractivity contribution in [2.24, 2.45) is 0 Å². The van der Waals surface area contributed by atoms with Crippen molar-refractivity contribution in [3.05, 3.63) is 53.6 Å². The highest BCUT2D eigenvalue weighted by Crippen LogP contribution is 2.39. The summed E-state index contributed by atoms with van der Waals surface area (Å²) in [5, 5.41) is 10.8. The topological polar surface area (TPSA) is 76.1 Å². The molecule has 1 aliphatic heterocycles. The first-order valence-electron chi connectivity index (χ1n) is 7.86. The Balaban J connectivity index is 2.05. The molecule has 0 aliphatic carbocycles. The van der Waals surface area contributed by atoms with E-state index in [9.17, 15) is 13.5 Å². The Labute approximate surface area is 147 Å². The molecule has 0 amide bonds. The van der Waals surface area contributed by atoms with E-state index in [0.717, 1.165) is 5.56 Å². The van der Waals surface area contributed by atoms with E-state index in [4.69, 9.17) is 9.47 Å². The summed E-state index contributed by atoms with van der Waals surface area (Å²) in [7, 11) is 0.917. The van der Waals surface area contributed by atoms with Crippen LogP contribution in [0.1, 0.15) is 17.2 Å². The lowest BCUT2D eigenvalue weighted by atomic mass is 9.95. The number of sulfonamides is 1. The SMILES string of the molecule is COc1cccc(C[C@@H]2[C@H](O)c3ccccc3S(=O)(=O)N2C)c1OC. The second-order valence-corrected chi connectivity index (χ2v) is 7.89. The van der Waals surface area contributed by atoms with Crippen LogP contribution >= 0.6 is 0 Å². The maximum Gasteiger partial charge on any atom is 0.243 e. The maximum atomic E-state index is 12.8. The number of rotatable bonds is 4. The summed E-state index contributed by atoms with van der Waals surface area (Å²) in [6.07, 6.45) is -0.633. The molecule has 6 nitrogen and oxygen atoms in total. The number of methoxy groups -OCH3 is 2. The van der Waals surface area contributed by atoms with E-state index < -0.39 is 22.2 Å². The standard InChI is InChI=1S/C18H21NO5S/c1-19-14(11-12-7-6-9-15(23-2)18(12)24-3)17(20)13-8-4-5-10-16(13)25(19,21)22/h4-10,14,17,20H,11H2,1-3H3/t14-,17-/m1/s1. The first-order valence-corrected chi connectivity index (χ1v) is 9.30. The molecule has 2 aromatic rings. The Morgan fingerprint density at radius 2 is 1.80 bits per heavy atom. The van der Waals surface area contributed by atoms with Crippen LogP contribution in [0.5, 0.6) is 11.5 Å². The Morgan fingerprint density at radius 1 is 1.08 bits per heavy atom. The van der Waals surface area contributed by atoms with Gasteiger partial charge in [-0.3, -0.25) is 0 Å². The summed E-state index contributed by atoms with van der Waals surface area (Å²) in [6.45, 7) is 0. The molecule has 134 valence electrons. The second kappa shape index (κ2) is 6.67. The number of ether oxygens (including phenoxy) is 2. The molecule has 0 unspecified atom stereocenters. The molecular weight excluding hydrogens is 342 g/mol. The summed E-state index contributed by atoms with van der Waals surface area (Å²) < 4.78 is 37.5. The number of likely N-dealkylation sites (N-methyl/N-ethyl adjacent to an activating group) is 1. The van der Waals surface area contributed by atoms with Gasteiger partial charge in [0.1, 0.15) is 0 Å². The lowest BCUT2D eigenvalue weighted by Gasteiger charge is -2.37. The molecule has 0 fully saturated rings. The van der Waals surface area contributed by atoms with Gasteiger partial charge in [-0.2, -0.15) is 4.31 Å². The summed E-state index contributed by atoms with van der Waals surface area (Å²) in [6, 6.07) is 11.3. The molecule has 2 aromatic carbocycles. The van der Waals surface area contributed by atoms with Gasteiger partial charge in [0.05, 0.1) is 31.3 Å². The van der Waals surface area contributed by atoms with Crippen molar-refractivity contribution in [3.8, 4) is 11.5 Å². The van der Waals surface area contributed by atoms with Crippen LogP contribution in [0, 0.1) is 0 Å². The van der Waals surface area contributed by atoms with Gasteiger partial charge in [-0.25, -0.2) is 8.42 Å². The minimum absolute atomic E-state index is 0.152. The van der Waals surface area contributed by atoms with Crippen molar-refractivity contribution in [2.45, 2.75) is 23.5 Å². The first kappa shape index (κ1) is 17.7. The van der Waals surface area contributed by atoms with Gasteiger partial charge >= 0.3 is 0 Å². The summed E-state index contributed by atoms with van der Waals surface area (Å²) in [4.78, 5) is 0.152. The average molecular weight is 363 g/mol. The number of para-hydroxylation sites is 1. The average Bonchev–Trinajstić information content (AvgIpc) is 2.63.